The summed E-state index contributed by atoms with van der Waals surface area (Å²) in [4.78, 5) is 13.0. The van der Waals surface area contributed by atoms with E-state index in [-0.39, 0.29) is 0 Å². The smallest absolute Gasteiger partial charge is 0.220 e. The molecule has 9 aromatic carbocycles. The number of hydrogen-bond acceptors (Lipinski definition) is 3. The van der Waals surface area contributed by atoms with Gasteiger partial charge in [-0.05, 0) is 106 Å². The van der Waals surface area contributed by atoms with Gasteiger partial charge < -0.3 is 4.90 Å². The van der Waals surface area contributed by atoms with Crippen LogP contribution >= 0.6 is 0 Å². The average Bonchev–Trinajstić information content (AvgIpc) is 4.10. The molecule has 1 aliphatic heterocycles. The molecule has 0 bridgehead atoms. The van der Waals surface area contributed by atoms with Gasteiger partial charge in [0, 0.05) is 17.1 Å². The van der Waals surface area contributed by atoms with Crippen LogP contribution in [0.25, 0.3) is 67.1 Å². The topological polar surface area (TPSA) is 47.7 Å². The fraction of sp³-hybridized carbons (Fsp3) is 0. The van der Waals surface area contributed by atoms with Crippen molar-refractivity contribution in [2.75, 3.05) is 4.90 Å². The molecule has 0 amide bonds. The molecule has 0 fully saturated rings. The van der Waals surface area contributed by atoms with E-state index in [4.69, 9.17) is 9.97 Å². The molecular weight excluding hydrogens is 799 g/mol. The minimum atomic E-state index is -2.94. The van der Waals surface area contributed by atoms with Crippen LogP contribution in [0.2, 0.25) is 0 Å². The summed E-state index contributed by atoms with van der Waals surface area (Å²) in [7, 11) is -2.94. The lowest BCUT2D eigenvalue weighted by Gasteiger charge is -2.45. The normalized spacial score (nSPS) is 13.4. The van der Waals surface area contributed by atoms with Gasteiger partial charge in [0.2, 0.25) is 11.6 Å². The van der Waals surface area contributed by atoms with E-state index in [1.54, 1.807) is 0 Å². The van der Waals surface area contributed by atoms with Crippen LogP contribution in [0.4, 0.5) is 17.1 Å². The molecule has 7 nitrogen and oxygen atoms in total. The van der Waals surface area contributed by atoms with Crippen molar-refractivity contribution in [3.63, 3.8) is 0 Å². The third-order valence-corrected chi connectivity index (χ3v) is 18.3. The molecule has 300 valence electrons. The quantitative estimate of drug-likeness (QED) is 0.162. The number of nitrogens with zero attached hydrogens (tertiary/aromatic N) is 7. The SMILES string of the molecule is c1ccc([Si]2(c3ccccc3)c3ccccc3N(c3cccc(-n4c5ccccc5n5c6ccccc6nc45)c3)c3cc(-n4c5ccccc5n5c6ccccc6nc45)ccc32)cc1. The molecule has 0 saturated heterocycles. The Morgan fingerprint density at radius 3 is 1.36 bits per heavy atom. The van der Waals surface area contributed by atoms with Crippen molar-refractivity contribution in [2.24, 2.45) is 0 Å². The van der Waals surface area contributed by atoms with Gasteiger partial charge in [-0.15, -0.1) is 0 Å². The van der Waals surface area contributed by atoms with E-state index in [0.717, 1.165) is 78.4 Å². The number of rotatable bonds is 5. The van der Waals surface area contributed by atoms with E-state index in [0.29, 0.717) is 0 Å². The third kappa shape index (κ3) is 4.69. The molecule has 14 rings (SSSR count). The highest BCUT2D eigenvalue weighted by molar-refractivity contribution is 7.21. The summed E-state index contributed by atoms with van der Waals surface area (Å²) >= 11 is 0. The second-order valence-corrected chi connectivity index (χ2v) is 20.4. The minimum Gasteiger partial charge on any atom is -0.310 e. The molecular formula is C56H37N7Si. The second kappa shape index (κ2) is 13.3. The van der Waals surface area contributed by atoms with Crippen molar-refractivity contribution < 1.29 is 0 Å². The van der Waals surface area contributed by atoms with Gasteiger partial charge in [-0.25, -0.2) is 9.97 Å². The van der Waals surface area contributed by atoms with Gasteiger partial charge >= 0.3 is 0 Å². The summed E-state index contributed by atoms with van der Waals surface area (Å²) in [6.07, 6.45) is 0. The Hall–Kier alpha value is -8.46. The van der Waals surface area contributed by atoms with Crippen LogP contribution in [-0.4, -0.2) is 36.0 Å². The molecule has 0 atom stereocenters. The van der Waals surface area contributed by atoms with E-state index < -0.39 is 8.07 Å². The van der Waals surface area contributed by atoms with Gasteiger partial charge in [0.1, 0.15) is 0 Å². The average molecular weight is 836 g/mol. The first-order chi connectivity index (χ1) is 31.8. The van der Waals surface area contributed by atoms with Crippen molar-refractivity contribution in [1.82, 2.24) is 27.9 Å². The number of aromatic nitrogens is 6. The lowest BCUT2D eigenvalue weighted by atomic mass is 10.1. The fourth-order valence-corrected chi connectivity index (χ4v) is 15.9. The van der Waals surface area contributed by atoms with Gasteiger partial charge in [-0.3, -0.25) is 17.9 Å². The van der Waals surface area contributed by atoms with Crippen molar-refractivity contribution in [2.45, 2.75) is 0 Å². The molecule has 64 heavy (non-hydrogen) atoms. The largest absolute Gasteiger partial charge is 0.310 e. The van der Waals surface area contributed by atoms with E-state index >= 15 is 0 Å². The maximum atomic E-state index is 5.29. The van der Waals surface area contributed by atoms with Crippen molar-refractivity contribution in [3.05, 3.63) is 224 Å². The molecule has 8 heteroatoms. The summed E-state index contributed by atoms with van der Waals surface area (Å²) in [6, 6.07) is 81.9. The Labute approximate surface area is 368 Å². The van der Waals surface area contributed by atoms with Crippen LogP contribution in [0.5, 0.6) is 0 Å². The first-order valence-electron chi connectivity index (χ1n) is 21.8. The maximum Gasteiger partial charge on any atom is 0.220 e. The van der Waals surface area contributed by atoms with Crippen LogP contribution < -0.4 is 25.6 Å². The second-order valence-electron chi connectivity index (χ2n) is 16.7. The molecule has 0 aliphatic carbocycles. The standard InChI is InChI=1S/C56H37N7Si/c1-3-20-41(21-4-1)64(42-22-5-2-6-23-42)53-33-16-15-32-51(53)59(38-18-17-19-39(36-38)60-47-28-11-13-30-49(47)62-45-26-9-7-24-43(45)57-55(60)62)52-37-40(34-35-54(52)64)61-48-29-12-14-31-50(48)63-46-27-10-8-25-44(46)58-56(61)63/h1-37H. The lowest BCUT2D eigenvalue weighted by Crippen LogP contribution is -2.77. The summed E-state index contributed by atoms with van der Waals surface area (Å²) in [5.41, 5.74) is 14.0. The van der Waals surface area contributed by atoms with E-state index in [1.165, 1.54) is 26.4 Å². The molecule has 1 aliphatic rings. The van der Waals surface area contributed by atoms with Crippen molar-refractivity contribution in [1.29, 1.82) is 0 Å². The van der Waals surface area contributed by atoms with Gasteiger partial charge in [0.05, 0.1) is 55.5 Å². The Balaban J connectivity index is 1.08. The van der Waals surface area contributed by atoms with Crippen LogP contribution in [0.1, 0.15) is 0 Å². The lowest BCUT2D eigenvalue weighted by molar-refractivity contribution is 1.10. The number of benzene rings is 9. The maximum absolute atomic E-state index is 5.29. The predicted molar refractivity (Wildman–Crippen MR) is 264 cm³/mol. The zero-order valence-electron chi connectivity index (χ0n) is 34.5. The highest BCUT2D eigenvalue weighted by atomic mass is 28.3. The van der Waals surface area contributed by atoms with Crippen molar-refractivity contribution in [3.8, 4) is 11.4 Å². The van der Waals surface area contributed by atoms with Crippen LogP contribution in [0.3, 0.4) is 0 Å². The Kier molecular flexibility index (Phi) is 7.29. The summed E-state index contributed by atoms with van der Waals surface area (Å²) in [5.74, 6) is 1.77. The van der Waals surface area contributed by atoms with E-state index in [1.807, 2.05) is 0 Å². The van der Waals surface area contributed by atoms with E-state index in [2.05, 4.69) is 247 Å². The summed E-state index contributed by atoms with van der Waals surface area (Å²) < 4.78 is 9.24. The number of anilines is 3. The molecule has 13 aromatic rings. The molecule has 4 aromatic heterocycles. The van der Waals surface area contributed by atoms with Gasteiger partial charge in [-0.2, -0.15) is 0 Å². The highest BCUT2D eigenvalue weighted by Gasteiger charge is 2.49. The van der Waals surface area contributed by atoms with Gasteiger partial charge in [0.15, 0.2) is 8.07 Å². The molecule has 5 heterocycles. The fourth-order valence-electron chi connectivity index (χ4n) is 10.8. The first-order valence-corrected chi connectivity index (χ1v) is 23.8. The number of imidazole rings is 4. The molecule has 0 spiro atoms. The highest BCUT2D eigenvalue weighted by Crippen LogP contribution is 2.41. The molecule has 0 N–H and O–H groups in total. The number of hydrogen-bond donors (Lipinski definition) is 0. The number of fused-ring (bicyclic) bond motifs is 12. The summed E-state index contributed by atoms with van der Waals surface area (Å²) in [5, 5.41) is 5.36. The number of para-hydroxylation sites is 9. The Bertz CT molecular complexity index is 3950. The Morgan fingerprint density at radius 2 is 0.766 bits per heavy atom. The van der Waals surface area contributed by atoms with Crippen LogP contribution in [0, 0.1) is 0 Å². The monoisotopic (exact) mass is 835 g/mol. The molecule has 0 radical (unpaired) electrons. The van der Waals surface area contributed by atoms with E-state index in [9.17, 15) is 0 Å². The third-order valence-electron chi connectivity index (χ3n) is 13.4. The first kappa shape index (κ1) is 35.2. The summed E-state index contributed by atoms with van der Waals surface area (Å²) in [6.45, 7) is 0. The minimum absolute atomic E-state index is 0.886. The molecule has 0 unspecified atom stereocenters. The zero-order chi connectivity index (χ0) is 41.9. The molecule has 0 saturated carbocycles. The predicted octanol–water partition coefficient (Wildman–Crippen LogP) is 10.3. The van der Waals surface area contributed by atoms with Crippen molar-refractivity contribution >= 4 is 102 Å². The van der Waals surface area contributed by atoms with Crippen LogP contribution in [-0.2, 0) is 0 Å². The van der Waals surface area contributed by atoms with Crippen LogP contribution in [0.15, 0.2) is 224 Å². The van der Waals surface area contributed by atoms with Gasteiger partial charge in [0.25, 0.3) is 0 Å². The van der Waals surface area contributed by atoms with Gasteiger partial charge in [-0.1, -0.05) is 140 Å². The zero-order valence-corrected chi connectivity index (χ0v) is 35.5. The Morgan fingerprint density at radius 1 is 0.312 bits per heavy atom.